The van der Waals surface area contributed by atoms with Gasteiger partial charge >= 0.3 is 0 Å². The van der Waals surface area contributed by atoms with E-state index in [1.807, 2.05) is 49.4 Å². The molecule has 1 aromatic heterocycles. The van der Waals surface area contributed by atoms with Crippen molar-refractivity contribution in [2.24, 2.45) is 0 Å². The molecule has 1 heterocycles. The second-order valence-corrected chi connectivity index (χ2v) is 8.48. The second kappa shape index (κ2) is 6.33. The van der Waals surface area contributed by atoms with Gasteiger partial charge in [-0.05, 0) is 51.6 Å². The van der Waals surface area contributed by atoms with Crippen LogP contribution in [0.25, 0.3) is 33.1 Å². The molecule has 0 unspecified atom stereocenters. The summed E-state index contributed by atoms with van der Waals surface area (Å²) < 4.78 is 20.2. The van der Waals surface area contributed by atoms with Gasteiger partial charge in [-0.15, -0.1) is 0 Å². The predicted octanol–water partition coefficient (Wildman–Crippen LogP) is 5.99. The lowest BCUT2D eigenvalue weighted by Crippen LogP contribution is -1.95. The minimum atomic E-state index is -1.10. The maximum atomic E-state index is 12.8. The fraction of sp³-hybridized carbons (Fsp3) is 0.100. The van der Waals surface area contributed by atoms with Gasteiger partial charge in [0.2, 0.25) is 0 Å². The van der Waals surface area contributed by atoms with Gasteiger partial charge in [0.15, 0.2) is 5.76 Å². The predicted molar refractivity (Wildman–Crippen MR) is 109 cm³/mol. The fourth-order valence-corrected chi connectivity index (χ4v) is 4.45. The molecule has 0 spiro atoms. The first kappa shape index (κ1) is 15.8. The third-order valence-corrected chi connectivity index (χ3v) is 6.22. The van der Waals surface area contributed by atoms with E-state index in [2.05, 4.69) is 40.8 Å². The van der Waals surface area contributed by atoms with Crippen molar-refractivity contribution >= 4 is 55.1 Å². The molecule has 0 N–H and O–H groups in total. The van der Waals surface area contributed by atoms with E-state index in [1.54, 1.807) is 0 Å². The van der Waals surface area contributed by atoms with Crippen LogP contribution in [0.1, 0.15) is 6.92 Å². The van der Waals surface area contributed by atoms with E-state index in [9.17, 15) is 4.21 Å². The van der Waals surface area contributed by atoms with Gasteiger partial charge in [0.05, 0.1) is 15.7 Å². The zero-order chi connectivity index (χ0) is 16.7. The first-order chi connectivity index (χ1) is 11.7. The number of halogens is 1. The van der Waals surface area contributed by atoms with Gasteiger partial charge < -0.3 is 4.42 Å². The molecule has 120 valence electrons. The Balaban J connectivity index is 2.12. The molecule has 0 aliphatic heterocycles. The zero-order valence-corrected chi connectivity index (χ0v) is 16.1. The first-order valence-electron chi connectivity index (χ1n) is 7.77. The highest BCUT2D eigenvalue weighted by atomic mass is 127. The largest absolute Gasteiger partial charge is 0.455 e. The summed E-state index contributed by atoms with van der Waals surface area (Å²) in [6, 6.07) is 20.3. The van der Waals surface area contributed by atoms with Gasteiger partial charge in [0, 0.05) is 20.3 Å². The van der Waals surface area contributed by atoms with Crippen molar-refractivity contribution in [2.75, 3.05) is 5.75 Å². The fourth-order valence-electron chi connectivity index (χ4n) is 2.99. The van der Waals surface area contributed by atoms with Crippen LogP contribution in [0.15, 0.2) is 70.0 Å². The Morgan fingerprint density at radius 1 is 1.00 bits per heavy atom. The molecule has 0 bridgehead atoms. The van der Waals surface area contributed by atoms with Crippen LogP contribution >= 0.6 is 22.6 Å². The normalized spacial score (nSPS) is 12.8. The molecule has 1 atom stereocenters. The molecule has 0 radical (unpaired) electrons. The highest BCUT2D eigenvalue weighted by Crippen LogP contribution is 2.39. The van der Waals surface area contributed by atoms with Gasteiger partial charge in [-0.2, -0.15) is 0 Å². The van der Waals surface area contributed by atoms with Crippen molar-refractivity contribution in [2.45, 2.75) is 11.8 Å². The second-order valence-electron chi connectivity index (χ2n) is 5.56. The lowest BCUT2D eigenvalue weighted by molar-refractivity contribution is 0.622. The molecule has 0 amide bonds. The Labute approximate surface area is 156 Å². The molecule has 0 aliphatic rings. The number of benzene rings is 3. The average Bonchev–Trinajstić information content (AvgIpc) is 3.01. The Bertz CT molecular complexity index is 1060. The highest BCUT2D eigenvalue weighted by molar-refractivity contribution is 14.1. The van der Waals surface area contributed by atoms with Crippen molar-refractivity contribution in [1.82, 2.24) is 0 Å². The van der Waals surface area contributed by atoms with Crippen LogP contribution in [0.2, 0.25) is 0 Å². The Hall–Kier alpha value is -1.66. The number of fused-ring (bicyclic) bond motifs is 3. The standard InChI is InChI=1S/C20H15IO2S/c1-2-24(22)20-18-16-6-4-3-5-13(16)9-12-17(18)23-19(20)14-7-10-15(21)11-8-14/h3-12H,2H2,1H3/t24-/m0/s1. The molecule has 24 heavy (non-hydrogen) atoms. The van der Waals surface area contributed by atoms with Gasteiger partial charge in [-0.1, -0.05) is 49.4 Å². The smallest absolute Gasteiger partial charge is 0.151 e. The molecule has 4 aromatic rings. The molecule has 2 nitrogen and oxygen atoms in total. The molecule has 4 heteroatoms. The summed E-state index contributed by atoms with van der Waals surface area (Å²) in [5.74, 6) is 1.29. The number of rotatable bonds is 3. The quantitative estimate of drug-likeness (QED) is 0.362. The Kier molecular flexibility index (Phi) is 4.18. The summed E-state index contributed by atoms with van der Waals surface area (Å²) in [4.78, 5) is 0.811. The van der Waals surface area contributed by atoms with E-state index >= 15 is 0 Å². The minimum absolute atomic E-state index is 0.565. The van der Waals surface area contributed by atoms with Gasteiger partial charge in [-0.3, -0.25) is 4.21 Å². The van der Waals surface area contributed by atoms with Crippen molar-refractivity contribution in [3.05, 3.63) is 64.2 Å². The highest BCUT2D eigenvalue weighted by Gasteiger charge is 2.21. The monoisotopic (exact) mass is 446 g/mol. The summed E-state index contributed by atoms with van der Waals surface area (Å²) in [5, 5.41) is 3.20. The van der Waals surface area contributed by atoms with Crippen LogP contribution in [0.5, 0.6) is 0 Å². The van der Waals surface area contributed by atoms with Crippen molar-refractivity contribution in [3.8, 4) is 11.3 Å². The van der Waals surface area contributed by atoms with E-state index in [-0.39, 0.29) is 0 Å². The third-order valence-electron chi connectivity index (χ3n) is 4.13. The number of hydrogen-bond donors (Lipinski definition) is 0. The summed E-state index contributed by atoms with van der Waals surface area (Å²) in [6.45, 7) is 1.94. The SMILES string of the molecule is CC[S@](=O)c1c(-c2ccc(I)cc2)oc2ccc3ccccc3c12. The minimum Gasteiger partial charge on any atom is -0.455 e. The maximum absolute atomic E-state index is 12.8. The summed E-state index contributed by atoms with van der Waals surface area (Å²) in [6.07, 6.45) is 0. The Morgan fingerprint density at radius 3 is 2.50 bits per heavy atom. The summed E-state index contributed by atoms with van der Waals surface area (Å²) >= 11 is 2.28. The number of furan rings is 1. The topological polar surface area (TPSA) is 30.2 Å². The van der Waals surface area contributed by atoms with E-state index in [0.29, 0.717) is 5.75 Å². The first-order valence-corrected chi connectivity index (χ1v) is 10.2. The molecule has 0 saturated carbocycles. The van der Waals surface area contributed by atoms with Crippen LogP contribution in [0.4, 0.5) is 0 Å². The van der Waals surface area contributed by atoms with Crippen molar-refractivity contribution in [1.29, 1.82) is 0 Å². The van der Waals surface area contributed by atoms with Gasteiger partial charge in [0.25, 0.3) is 0 Å². The van der Waals surface area contributed by atoms with E-state index in [1.165, 1.54) is 0 Å². The number of hydrogen-bond acceptors (Lipinski definition) is 2. The van der Waals surface area contributed by atoms with Gasteiger partial charge in [0.1, 0.15) is 5.58 Å². The Morgan fingerprint density at radius 2 is 1.75 bits per heavy atom. The van der Waals surface area contributed by atoms with E-state index < -0.39 is 10.8 Å². The van der Waals surface area contributed by atoms with E-state index in [4.69, 9.17) is 4.42 Å². The van der Waals surface area contributed by atoms with Crippen LogP contribution in [0.3, 0.4) is 0 Å². The van der Waals surface area contributed by atoms with E-state index in [0.717, 1.165) is 41.5 Å². The molecule has 0 fully saturated rings. The zero-order valence-electron chi connectivity index (χ0n) is 13.1. The van der Waals surface area contributed by atoms with Crippen molar-refractivity contribution in [3.63, 3.8) is 0 Å². The van der Waals surface area contributed by atoms with Gasteiger partial charge in [-0.25, -0.2) is 0 Å². The molecule has 3 aromatic carbocycles. The lowest BCUT2D eigenvalue weighted by atomic mass is 10.1. The molecule has 0 saturated heterocycles. The molecular formula is C20H15IO2S. The maximum Gasteiger partial charge on any atom is 0.151 e. The average molecular weight is 446 g/mol. The molecule has 0 aliphatic carbocycles. The molecule has 4 rings (SSSR count). The summed E-state index contributed by atoms with van der Waals surface area (Å²) in [5.41, 5.74) is 1.76. The van der Waals surface area contributed by atoms with Crippen LogP contribution < -0.4 is 0 Å². The van der Waals surface area contributed by atoms with Crippen LogP contribution in [-0.4, -0.2) is 9.96 Å². The van der Waals surface area contributed by atoms with Crippen molar-refractivity contribution < 1.29 is 8.63 Å². The molecular weight excluding hydrogens is 431 g/mol. The van der Waals surface area contributed by atoms with Crippen LogP contribution in [0, 0.1) is 3.57 Å². The van der Waals surface area contributed by atoms with Crippen LogP contribution in [-0.2, 0) is 10.8 Å². The lowest BCUT2D eigenvalue weighted by Gasteiger charge is -2.04. The third kappa shape index (κ3) is 2.58. The summed E-state index contributed by atoms with van der Waals surface area (Å²) in [7, 11) is -1.10.